The molecule has 0 radical (unpaired) electrons. The van der Waals surface area contributed by atoms with Gasteiger partial charge in [0.05, 0.1) is 15.1 Å². The van der Waals surface area contributed by atoms with Crippen molar-refractivity contribution >= 4 is 52.4 Å². The van der Waals surface area contributed by atoms with Crippen molar-refractivity contribution in [3.05, 3.63) is 38.4 Å². The Hall–Kier alpha value is -0.940. The Balaban J connectivity index is 2.36. The van der Waals surface area contributed by atoms with Gasteiger partial charge in [0, 0.05) is 12.1 Å². The predicted molar refractivity (Wildman–Crippen MR) is 73.0 cm³/mol. The third-order valence-electron chi connectivity index (χ3n) is 1.88. The Labute approximate surface area is 123 Å². The van der Waals surface area contributed by atoms with Crippen molar-refractivity contribution < 1.29 is 4.74 Å². The first-order valence-electron chi connectivity index (χ1n) is 4.58. The fraction of sp³-hybridized carbons (Fsp3) is 0. The predicted octanol–water partition coefficient (Wildman–Crippen LogP) is 4.46. The van der Waals surface area contributed by atoms with Crippen LogP contribution in [0.25, 0.3) is 0 Å². The summed E-state index contributed by atoms with van der Waals surface area (Å²) in [5.74, 6) is 0.446. The van der Waals surface area contributed by atoms with Gasteiger partial charge in [-0.1, -0.05) is 46.4 Å². The first kappa shape index (κ1) is 13.5. The fourth-order valence-electron chi connectivity index (χ4n) is 1.16. The van der Waals surface area contributed by atoms with Gasteiger partial charge in [-0.05, 0) is 6.07 Å². The molecule has 0 unspecified atom stereocenters. The summed E-state index contributed by atoms with van der Waals surface area (Å²) < 4.78 is 5.42. The van der Waals surface area contributed by atoms with Crippen LogP contribution in [0.3, 0.4) is 0 Å². The van der Waals surface area contributed by atoms with Crippen molar-refractivity contribution in [3.63, 3.8) is 0 Å². The number of nitrogens with zero attached hydrogens (tertiary/aromatic N) is 2. The van der Waals surface area contributed by atoms with Crippen LogP contribution in [0.15, 0.2) is 18.2 Å². The maximum absolute atomic E-state index is 5.96. The summed E-state index contributed by atoms with van der Waals surface area (Å²) in [4.78, 5) is 7.55. The number of rotatable bonds is 2. The molecule has 2 rings (SSSR count). The molecule has 0 aliphatic heterocycles. The average molecular weight is 325 g/mol. The lowest BCUT2D eigenvalue weighted by Gasteiger charge is -2.08. The van der Waals surface area contributed by atoms with Gasteiger partial charge < -0.3 is 10.5 Å². The van der Waals surface area contributed by atoms with Gasteiger partial charge in [-0.3, -0.25) is 0 Å². The maximum Gasteiger partial charge on any atom is 0.225 e. The van der Waals surface area contributed by atoms with Crippen LogP contribution in [0.4, 0.5) is 5.95 Å². The summed E-state index contributed by atoms with van der Waals surface area (Å²) in [5.41, 5.74) is 5.44. The zero-order chi connectivity index (χ0) is 13.3. The molecule has 0 aliphatic rings. The van der Waals surface area contributed by atoms with Crippen molar-refractivity contribution in [2.45, 2.75) is 0 Å². The molecule has 0 aliphatic carbocycles. The normalized spacial score (nSPS) is 10.4. The molecule has 1 aromatic carbocycles. The van der Waals surface area contributed by atoms with E-state index in [0.717, 1.165) is 0 Å². The molecule has 0 bridgehead atoms. The number of ether oxygens (including phenoxy) is 1. The Bertz CT molecular complexity index is 586. The SMILES string of the molecule is Nc1nc(Cl)cc(Oc2cc(Cl)c(Cl)cc2Cl)n1. The van der Waals surface area contributed by atoms with Crippen LogP contribution in [0.5, 0.6) is 11.6 Å². The lowest BCUT2D eigenvalue weighted by atomic mass is 10.3. The van der Waals surface area contributed by atoms with E-state index in [4.69, 9.17) is 56.9 Å². The number of halogens is 4. The van der Waals surface area contributed by atoms with E-state index in [9.17, 15) is 0 Å². The summed E-state index contributed by atoms with van der Waals surface area (Å²) in [6, 6.07) is 4.34. The number of benzene rings is 1. The van der Waals surface area contributed by atoms with E-state index in [0.29, 0.717) is 15.8 Å². The van der Waals surface area contributed by atoms with Crippen LogP contribution in [0.2, 0.25) is 20.2 Å². The molecule has 1 heterocycles. The molecule has 1 aromatic heterocycles. The summed E-state index contributed by atoms with van der Waals surface area (Å²) in [5, 5.41) is 1.09. The lowest BCUT2D eigenvalue weighted by Crippen LogP contribution is -1.97. The smallest absolute Gasteiger partial charge is 0.225 e. The number of nitrogens with two attached hydrogens (primary N) is 1. The van der Waals surface area contributed by atoms with Gasteiger partial charge >= 0.3 is 0 Å². The van der Waals surface area contributed by atoms with Crippen molar-refractivity contribution in [1.82, 2.24) is 9.97 Å². The molecule has 0 amide bonds. The van der Waals surface area contributed by atoms with E-state index in [-0.39, 0.29) is 22.0 Å². The average Bonchev–Trinajstić information content (AvgIpc) is 2.24. The second-order valence-corrected chi connectivity index (χ2v) is 4.79. The van der Waals surface area contributed by atoms with Crippen molar-refractivity contribution in [3.8, 4) is 11.6 Å². The quantitative estimate of drug-likeness (QED) is 0.654. The Morgan fingerprint density at radius 2 is 1.56 bits per heavy atom. The van der Waals surface area contributed by atoms with Crippen LogP contribution in [0.1, 0.15) is 0 Å². The largest absolute Gasteiger partial charge is 0.437 e. The highest BCUT2D eigenvalue weighted by atomic mass is 35.5. The standard InChI is InChI=1S/C10H5Cl4N3O/c11-4-1-6(13)7(2-5(4)12)18-9-3-8(14)16-10(15)17-9/h1-3H,(H2,15,16,17). The van der Waals surface area contributed by atoms with Gasteiger partial charge in [-0.25, -0.2) is 4.98 Å². The van der Waals surface area contributed by atoms with Gasteiger partial charge in [0.2, 0.25) is 11.8 Å². The van der Waals surface area contributed by atoms with Gasteiger partial charge in [-0.2, -0.15) is 4.98 Å². The van der Waals surface area contributed by atoms with Crippen molar-refractivity contribution in [2.75, 3.05) is 5.73 Å². The molecule has 0 atom stereocenters. The first-order valence-corrected chi connectivity index (χ1v) is 6.09. The van der Waals surface area contributed by atoms with E-state index < -0.39 is 0 Å². The van der Waals surface area contributed by atoms with Gasteiger partial charge in [0.15, 0.2) is 0 Å². The van der Waals surface area contributed by atoms with Crippen LogP contribution in [0, 0.1) is 0 Å². The summed E-state index contributed by atoms with van der Waals surface area (Å²) in [6.07, 6.45) is 0. The molecule has 94 valence electrons. The molecule has 8 heteroatoms. The van der Waals surface area contributed by atoms with E-state index in [2.05, 4.69) is 9.97 Å². The topological polar surface area (TPSA) is 61.0 Å². The molecule has 18 heavy (non-hydrogen) atoms. The molecule has 2 N–H and O–H groups in total. The van der Waals surface area contributed by atoms with Crippen molar-refractivity contribution in [2.24, 2.45) is 0 Å². The number of hydrogen-bond donors (Lipinski definition) is 1. The highest BCUT2D eigenvalue weighted by molar-refractivity contribution is 6.43. The second-order valence-electron chi connectivity index (χ2n) is 3.19. The molecule has 4 nitrogen and oxygen atoms in total. The van der Waals surface area contributed by atoms with Crippen LogP contribution in [-0.4, -0.2) is 9.97 Å². The zero-order valence-corrected chi connectivity index (χ0v) is 11.6. The van der Waals surface area contributed by atoms with E-state index in [1.807, 2.05) is 0 Å². The highest BCUT2D eigenvalue weighted by Gasteiger charge is 2.10. The minimum absolute atomic E-state index is 0.00585. The van der Waals surface area contributed by atoms with Gasteiger partial charge in [-0.15, -0.1) is 0 Å². The zero-order valence-electron chi connectivity index (χ0n) is 8.62. The summed E-state index contributed by atoms with van der Waals surface area (Å²) in [6.45, 7) is 0. The minimum Gasteiger partial charge on any atom is -0.437 e. The van der Waals surface area contributed by atoms with E-state index >= 15 is 0 Å². The lowest BCUT2D eigenvalue weighted by molar-refractivity contribution is 0.463. The van der Waals surface area contributed by atoms with Gasteiger partial charge in [0.25, 0.3) is 0 Å². The Morgan fingerprint density at radius 3 is 2.22 bits per heavy atom. The first-order chi connectivity index (χ1) is 8.45. The summed E-state index contributed by atoms with van der Waals surface area (Å²) in [7, 11) is 0. The molecule has 0 fully saturated rings. The van der Waals surface area contributed by atoms with E-state index in [1.165, 1.54) is 18.2 Å². The van der Waals surface area contributed by atoms with E-state index in [1.54, 1.807) is 0 Å². The number of anilines is 1. The van der Waals surface area contributed by atoms with Crippen LogP contribution >= 0.6 is 46.4 Å². The second kappa shape index (κ2) is 5.36. The molecule has 2 aromatic rings. The van der Waals surface area contributed by atoms with Crippen LogP contribution < -0.4 is 10.5 Å². The molecule has 0 spiro atoms. The molecular weight excluding hydrogens is 320 g/mol. The van der Waals surface area contributed by atoms with Crippen LogP contribution in [-0.2, 0) is 0 Å². The number of hydrogen-bond acceptors (Lipinski definition) is 4. The fourth-order valence-corrected chi connectivity index (χ4v) is 1.92. The number of nitrogen functional groups attached to an aromatic ring is 1. The van der Waals surface area contributed by atoms with Gasteiger partial charge in [0.1, 0.15) is 10.9 Å². The maximum atomic E-state index is 5.96. The Morgan fingerprint density at radius 1 is 0.889 bits per heavy atom. The summed E-state index contributed by atoms with van der Waals surface area (Å²) >= 11 is 23.3. The number of aromatic nitrogens is 2. The minimum atomic E-state index is -0.00585. The molecule has 0 saturated heterocycles. The molecule has 0 saturated carbocycles. The third kappa shape index (κ3) is 3.09. The van der Waals surface area contributed by atoms with Crippen molar-refractivity contribution in [1.29, 1.82) is 0 Å². The monoisotopic (exact) mass is 323 g/mol. The highest BCUT2D eigenvalue weighted by Crippen LogP contribution is 2.36. The third-order valence-corrected chi connectivity index (χ3v) is 3.09. The molecular formula is C10H5Cl4N3O. The Kier molecular flexibility index (Phi) is 4.02.